The SMILES string of the molecule is Cc1ccc(C(=O)NC(C(=O)O)C(C)O)cc1[N+](=O)[O-]. The Morgan fingerprint density at radius 1 is 1.40 bits per heavy atom. The number of carbonyl (C=O) groups is 2. The molecule has 0 spiro atoms. The maximum Gasteiger partial charge on any atom is 0.328 e. The van der Waals surface area contributed by atoms with E-state index in [4.69, 9.17) is 5.11 Å². The molecule has 8 heteroatoms. The highest BCUT2D eigenvalue weighted by molar-refractivity contribution is 5.97. The maximum atomic E-state index is 11.8. The summed E-state index contributed by atoms with van der Waals surface area (Å²) in [7, 11) is 0. The molecule has 2 atom stereocenters. The lowest BCUT2D eigenvalue weighted by Crippen LogP contribution is -2.47. The molecule has 0 bridgehead atoms. The number of carboxylic acids is 1. The van der Waals surface area contributed by atoms with Gasteiger partial charge in [0.2, 0.25) is 0 Å². The fraction of sp³-hybridized carbons (Fsp3) is 0.333. The van der Waals surface area contributed by atoms with Gasteiger partial charge in [-0.15, -0.1) is 0 Å². The predicted molar refractivity (Wildman–Crippen MR) is 68.4 cm³/mol. The summed E-state index contributed by atoms with van der Waals surface area (Å²) < 4.78 is 0. The molecule has 0 aliphatic heterocycles. The van der Waals surface area contributed by atoms with E-state index >= 15 is 0 Å². The normalized spacial score (nSPS) is 13.3. The third-order valence-electron chi connectivity index (χ3n) is 2.70. The number of hydrogen-bond donors (Lipinski definition) is 3. The zero-order valence-electron chi connectivity index (χ0n) is 10.9. The highest BCUT2D eigenvalue weighted by Crippen LogP contribution is 2.19. The number of carboxylic acid groups (broad SMARTS) is 1. The number of aliphatic hydroxyl groups is 1. The van der Waals surface area contributed by atoms with E-state index in [0.717, 1.165) is 6.07 Å². The number of nitrogens with zero attached hydrogens (tertiary/aromatic N) is 1. The van der Waals surface area contributed by atoms with E-state index in [-0.39, 0.29) is 11.3 Å². The standard InChI is InChI=1S/C12H14N2O6/c1-6-3-4-8(5-9(6)14(19)20)11(16)13-10(7(2)15)12(17)18/h3-5,7,10,15H,1-2H3,(H,13,16)(H,17,18). The highest BCUT2D eigenvalue weighted by atomic mass is 16.6. The van der Waals surface area contributed by atoms with Gasteiger partial charge in [0.15, 0.2) is 6.04 Å². The summed E-state index contributed by atoms with van der Waals surface area (Å²) in [5.74, 6) is -2.20. The van der Waals surface area contributed by atoms with Gasteiger partial charge in [-0.1, -0.05) is 6.07 Å². The first-order valence-electron chi connectivity index (χ1n) is 5.70. The largest absolute Gasteiger partial charge is 0.480 e. The molecule has 108 valence electrons. The number of carbonyl (C=O) groups excluding carboxylic acids is 1. The molecule has 0 radical (unpaired) electrons. The molecular weight excluding hydrogens is 268 g/mol. The van der Waals surface area contributed by atoms with Crippen molar-refractivity contribution in [2.45, 2.75) is 26.0 Å². The van der Waals surface area contributed by atoms with Crippen LogP contribution in [0.1, 0.15) is 22.8 Å². The lowest BCUT2D eigenvalue weighted by molar-refractivity contribution is -0.385. The van der Waals surface area contributed by atoms with Gasteiger partial charge >= 0.3 is 5.97 Å². The first kappa shape index (κ1) is 15.6. The van der Waals surface area contributed by atoms with Crippen LogP contribution in [0.5, 0.6) is 0 Å². The van der Waals surface area contributed by atoms with Crippen LogP contribution in [0.25, 0.3) is 0 Å². The number of nitrogens with one attached hydrogen (secondary N) is 1. The van der Waals surface area contributed by atoms with Crippen molar-refractivity contribution in [1.29, 1.82) is 0 Å². The summed E-state index contributed by atoms with van der Waals surface area (Å²) in [5, 5.41) is 31.0. The molecule has 0 saturated carbocycles. The zero-order valence-corrected chi connectivity index (χ0v) is 10.9. The molecule has 0 saturated heterocycles. The van der Waals surface area contributed by atoms with Crippen molar-refractivity contribution < 1.29 is 24.7 Å². The van der Waals surface area contributed by atoms with E-state index in [1.165, 1.54) is 26.0 Å². The molecule has 3 N–H and O–H groups in total. The molecule has 2 unspecified atom stereocenters. The first-order chi connectivity index (χ1) is 9.23. The van der Waals surface area contributed by atoms with Crippen molar-refractivity contribution in [3.63, 3.8) is 0 Å². The van der Waals surface area contributed by atoms with E-state index in [2.05, 4.69) is 5.32 Å². The van der Waals surface area contributed by atoms with Crippen LogP contribution in [0.2, 0.25) is 0 Å². The van der Waals surface area contributed by atoms with Crippen molar-refractivity contribution in [2.75, 3.05) is 0 Å². The summed E-state index contributed by atoms with van der Waals surface area (Å²) in [6.45, 7) is 2.74. The summed E-state index contributed by atoms with van der Waals surface area (Å²) in [5.41, 5.74) is 0.104. The minimum atomic E-state index is -1.48. The Morgan fingerprint density at radius 3 is 2.45 bits per heavy atom. The van der Waals surface area contributed by atoms with Crippen LogP contribution in [-0.4, -0.2) is 39.2 Å². The van der Waals surface area contributed by atoms with E-state index in [0.29, 0.717) is 5.56 Å². The highest BCUT2D eigenvalue weighted by Gasteiger charge is 2.26. The topological polar surface area (TPSA) is 130 Å². The molecule has 1 rings (SSSR count). The fourth-order valence-electron chi connectivity index (χ4n) is 1.56. The van der Waals surface area contributed by atoms with E-state index < -0.39 is 28.9 Å². The van der Waals surface area contributed by atoms with E-state index in [1.54, 1.807) is 0 Å². The lowest BCUT2D eigenvalue weighted by Gasteiger charge is -2.17. The van der Waals surface area contributed by atoms with Crippen LogP contribution in [0.3, 0.4) is 0 Å². The predicted octanol–water partition coefficient (Wildman–Crippen LogP) is 0.467. The van der Waals surface area contributed by atoms with Gasteiger partial charge in [0, 0.05) is 17.2 Å². The van der Waals surface area contributed by atoms with Crippen LogP contribution in [0.4, 0.5) is 5.69 Å². The molecule has 1 aromatic rings. The lowest BCUT2D eigenvalue weighted by atomic mass is 10.1. The Morgan fingerprint density at radius 2 is 2.00 bits per heavy atom. The quantitative estimate of drug-likeness (QED) is 0.531. The number of benzene rings is 1. The van der Waals surface area contributed by atoms with E-state index in [9.17, 15) is 24.8 Å². The van der Waals surface area contributed by atoms with Gasteiger partial charge in [-0.25, -0.2) is 4.79 Å². The van der Waals surface area contributed by atoms with Crippen LogP contribution >= 0.6 is 0 Å². The van der Waals surface area contributed by atoms with Gasteiger partial charge in [0.05, 0.1) is 11.0 Å². The summed E-state index contributed by atoms with van der Waals surface area (Å²) >= 11 is 0. The van der Waals surface area contributed by atoms with E-state index in [1.807, 2.05) is 0 Å². The van der Waals surface area contributed by atoms with Crippen molar-refractivity contribution >= 4 is 17.6 Å². The van der Waals surface area contributed by atoms with Crippen LogP contribution in [0.15, 0.2) is 18.2 Å². The van der Waals surface area contributed by atoms with Crippen LogP contribution < -0.4 is 5.32 Å². The average Bonchev–Trinajstić information content (AvgIpc) is 2.34. The Balaban J connectivity index is 3.01. The number of hydrogen-bond acceptors (Lipinski definition) is 5. The average molecular weight is 282 g/mol. The third-order valence-corrected chi connectivity index (χ3v) is 2.70. The minimum absolute atomic E-state index is 0.0470. The molecule has 8 nitrogen and oxygen atoms in total. The summed E-state index contributed by atoms with van der Waals surface area (Å²) in [6, 6.07) is 2.32. The smallest absolute Gasteiger partial charge is 0.328 e. The Bertz CT molecular complexity index is 555. The number of amides is 1. The summed E-state index contributed by atoms with van der Waals surface area (Å²) in [4.78, 5) is 32.8. The maximum absolute atomic E-state index is 11.8. The molecule has 1 amide bonds. The van der Waals surface area contributed by atoms with Gasteiger partial charge in [0.25, 0.3) is 11.6 Å². The first-order valence-corrected chi connectivity index (χ1v) is 5.70. The second kappa shape index (κ2) is 6.11. The molecule has 1 aromatic carbocycles. The van der Waals surface area contributed by atoms with Crippen molar-refractivity contribution in [1.82, 2.24) is 5.32 Å². The Hall–Kier alpha value is -2.48. The molecule has 0 heterocycles. The Kier molecular flexibility index (Phi) is 4.76. The number of aryl methyl sites for hydroxylation is 1. The second-order valence-electron chi connectivity index (χ2n) is 4.29. The monoisotopic (exact) mass is 282 g/mol. The van der Waals surface area contributed by atoms with Gasteiger partial charge in [-0.3, -0.25) is 14.9 Å². The van der Waals surface area contributed by atoms with Crippen molar-refractivity contribution in [2.24, 2.45) is 0 Å². The number of nitro benzene ring substituents is 1. The number of rotatable bonds is 5. The molecule has 0 aliphatic rings. The minimum Gasteiger partial charge on any atom is -0.480 e. The summed E-state index contributed by atoms with van der Waals surface area (Å²) in [6.07, 6.45) is -1.29. The fourth-order valence-corrected chi connectivity index (χ4v) is 1.56. The zero-order chi connectivity index (χ0) is 15.4. The molecule has 0 aromatic heterocycles. The van der Waals surface area contributed by atoms with Crippen LogP contribution in [0, 0.1) is 17.0 Å². The van der Waals surface area contributed by atoms with Gasteiger partial charge in [-0.05, 0) is 19.9 Å². The van der Waals surface area contributed by atoms with Gasteiger partial charge in [-0.2, -0.15) is 0 Å². The van der Waals surface area contributed by atoms with Crippen LogP contribution in [-0.2, 0) is 4.79 Å². The van der Waals surface area contributed by atoms with Gasteiger partial charge < -0.3 is 15.5 Å². The Labute approximate surface area is 114 Å². The number of aliphatic carboxylic acids is 1. The van der Waals surface area contributed by atoms with Gasteiger partial charge in [0.1, 0.15) is 0 Å². The molecule has 20 heavy (non-hydrogen) atoms. The van der Waals surface area contributed by atoms with Crippen molar-refractivity contribution in [3.8, 4) is 0 Å². The molecular formula is C12H14N2O6. The molecule has 0 aliphatic carbocycles. The number of aliphatic hydroxyl groups excluding tert-OH is 1. The molecule has 0 fully saturated rings. The second-order valence-corrected chi connectivity index (χ2v) is 4.29. The van der Waals surface area contributed by atoms with Crippen molar-refractivity contribution in [3.05, 3.63) is 39.4 Å². The third kappa shape index (κ3) is 3.51. The number of nitro groups is 1.